The van der Waals surface area contributed by atoms with Gasteiger partial charge in [-0.1, -0.05) is 0 Å². The Labute approximate surface area is 165 Å². The van der Waals surface area contributed by atoms with Crippen LogP contribution in [0.3, 0.4) is 0 Å². The lowest BCUT2D eigenvalue weighted by Gasteiger charge is -2.33. The second-order valence-corrected chi connectivity index (χ2v) is 6.77. The highest BCUT2D eigenvalue weighted by Gasteiger charge is 2.31. The SMILES string of the molecule is CCOC(=O)c1cn(C(C)(OCC)OCCO)c2cc(I)ccc2c1=O. The molecule has 0 saturated carbocycles. The molecular weight excluding hydrogens is 453 g/mol. The van der Waals surface area contributed by atoms with Crippen LogP contribution in [-0.2, 0) is 20.1 Å². The summed E-state index contributed by atoms with van der Waals surface area (Å²) in [6, 6.07) is 5.26. The van der Waals surface area contributed by atoms with Gasteiger partial charge >= 0.3 is 5.97 Å². The molecule has 0 spiro atoms. The third-order valence-corrected chi connectivity index (χ3v) is 4.44. The number of benzene rings is 1. The Morgan fingerprint density at radius 2 is 2.00 bits per heavy atom. The molecule has 2 rings (SSSR count). The summed E-state index contributed by atoms with van der Waals surface area (Å²) in [6.07, 6.45) is 1.39. The predicted octanol–water partition coefficient (Wildman–Crippen LogP) is 2.46. The molecule has 0 fully saturated rings. The molecule has 1 atom stereocenters. The molecule has 0 bridgehead atoms. The predicted molar refractivity (Wildman–Crippen MR) is 105 cm³/mol. The van der Waals surface area contributed by atoms with E-state index in [0.717, 1.165) is 3.57 Å². The third-order valence-electron chi connectivity index (χ3n) is 3.77. The Morgan fingerprint density at radius 3 is 2.62 bits per heavy atom. The molecule has 0 saturated heterocycles. The Hall–Kier alpha value is -1.49. The van der Waals surface area contributed by atoms with Crippen LogP contribution in [0.5, 0.6) is 0 Å². The largest absolute Gasteiger partial charge is 0.462 e. The van der Waals surface area contributed by atoms with E-state index in [2.05, 4.69) is 22.6 Å². The summed E-state index contributed by atoms with van der Waals surface area (Å²) in [4.78, 5) is 25.0. The number of esters is 1. The van der Waals surface area contributed by atoms with Crippen LogP contribution in [0.15, 0.2) is 29.2 Å². The van der Waals surface area contributed by atoms with Crippen molar-refractivity contribution in [2.24, 2.45) is 0 Å². The summed E-state index contributed by atoms with van der Waals surface area (Å²) in [5.41, 5.74) is 0.0510. The quantitative estimate of drug-likeness (QED) is 0.359. The second-order valence-electron chi connectivity index (χ2n) is 5.53. The maximum absolute atomic E-state index is 12.8. The van der Waals surface area contributed by atoms with E-state index in [1.807, 2.05) is 6.07 Å². The van der Waals surface area contributed by atoms with Crippen molar-refractivity contribution in [3.05, 3.63) is 43.8 Å². The molecule has 7 nitrogen and oxygen atoms in total. The Morgan fingerprint density at radius 1 is 1.27 bits per heavy atom. The number of halogens is 1. The summed E-state index contributed by atoms with van der Waals surface area (Å²) in [7, 11) is 0. The van der Waals surface area contributed by atoms with Crippen molar-refractivity contribution in [2.45, 2.75) is 26.7 Å². The van der Waals surface area contributed by atoms with Crippen LogP contribution >= 0.6 is 22.6 Å². The molecule has 8 heteroatoms. The Balaban J connectivity index is 2.80. The van der Waals surface area contributed by atoms with Crippen molar-refractivity contribution in [1.82, 2.24) is 4.57 Å². The maximum Gasteiger partial charge on any atom is 0.343 e. The van der Waals surface area contributed by atoms with Gasteiger partial charge < -0.3 is 19.3 Å². The molecule has 0 aliphatic heterocycles. The van der Waals surface area contributed by atoms with Gasteiger partial charge in [-0.05, 0) is 54.6 Å². The van der Waals surface area contributed by atoms with E-state index < -0.39 is 17.3 Å². The zero-order chi connectivity index (χ0) is 19.3. The van der Waals surface area contributed by atoms with E-state index in [0.29, 0.717) is 17.5 Å². The molecular formula is C18H22INO6. The molecule has 1 aromatic heterocycles. The van der Waals surface area contributed by atoms with Crippen molar-refractivity contribution in [3.8, 4) is 0 Å². The van der Waals surface area contributed by atoms with E-state index in [1.165, 1.54) is 6.20 Å². The summed E-state index contributed by atoms with van der Waals surface area (Å²) in [6.45, 7) is 5.48. The molecule has 1 unspecified atom stereocenters. The standard InChI is InChI=1S/C18H22INO6/c1-4-24-17(23)14-11-20(18(3,25-5-2)26-9-8-21)15-10-12(19)6-7-13(15)16(14)22/h6-7,10-11,21H,4-5,8-9H2,1-3H3. The monoisotopic (exact) mass is 475 g/mol. The summed E-state index contributed by atoms with van der Waals surface area (Å²) < 4.78 is 19.0. The van der Waals surface area contributed by atoms with Gasteiger partial charge in [0.1, 0.15) is 5.56 Å². The maximum atomic E-state index is 12.8. The Kier molecular flexibility index (Phi) is 7.16. The minimum atomic E-state index is -1.31. The van der Waals surface area contributed by atoms with Gasteiger partial charge in [0.15, 0.2) is 0 Å². The van der Waals surface area contributed by atoms with E-state index in [9.17, 15) is 9.59 Å². The van der Waals surface area contributed by atoms with Gasteiger partial charge in [-0.25, -0.2) is 4.79 Å². The van der Waals surface area contributed by atoms with Gasteiger partial charge in [0, 0.05) is 28.7 Å². The molecule has 1 heterocycles. The van der Waals surface area contributed by atoms with Gasteiger partial charge in [-0.2, -0.15) is 0 Å². The average Bonchev–Trinajstić information content (AvgIpc) is 2.60. The molecule has 0 amide bonds. The molecule has 142 valence electrons. The number of rotatable bonds is 8. The molecule has 0 aliphatic rings. The highest BCUT2D eigenvalue weighted by atomic mass is 127. The van der Waals surface area contributed by atoms with E-state index in [-0.39, 0.29) is 25.4 Å². The molecule has 1 aromatic carbocycles. The second kappa shape index (κ2) is 8.94. The number of aliphatic hydroxyl groups excluding tert-OH is 1. The zero-order valence-corrected chi connectivity index (χ0v) is 17.1. The topological polar surface area (TPSA) is 87.0 Å². The lowest BCUT2D eigenvalue weighted by atomic mass is 10.1. The van der Waals surface area contributed by atoms with Crippen LogP contribution in [0.1, 0.15) is 31.1 Å². The molecule has 0 aliphatic carbocycles. The first-order valence-corrected chi connectivity index (χ1v) is 9.37. The highest BCUT2D eigenvalue weighted by Crippen LogP contribution is 2.26. The summed E-state index contributed by atoms with van der Waals surface area (Å²) in [5.74, 6) is -2.01. The number of aromatic nitrogens is 1. The fraction of sp³-hybridized carbons (Fsp3) is 0.444. The molecule has 1 N–H and O–H groups in total. The number of ether oxygens (including phenoxy) is 3. The zero-order valence-electron chi connectivity index (χ0n) is 15.0. The van der Waals surface area contributed by atoms with E-state index >= 15 is 0 Å². The lowest BCUT2D eigenvalue weighted by molar-refractivity contribution is -0.281. The van der Waals surface area contributed by atoms with Gasteiger partial charge in [0.05, 0.1) is 25.3 Å². The average molecular weight is 475 g/mol. The van der Waals surface area contributed by atoms with Crippen LogP contribution in [0.2, 0.25) is 0 Å². The number of carbonyl (C=O) groups is 1. The number of fused-ring (bicyclic) bond motifs is 1. The van der Waals surface area contributed by atoms with Gasteiger partial charge in [0.25, 0.3) is 5.91 Å². The number of aliphatic hydroxyl groups is 1. The van der Waals surface area contributed by atoms with Crippen molar-refractivity contribution < 1.29 is 24.1 Å². The lowest BCUT2D eigenvalue weighted by Crippen LogP contribution is -2.39. The minimum Gasteiger partial charge on any atom is -0.462 e. The number of carbonyl (C=O) groups excluding carboxylic acids is 1. The first-order chi connectivity index (χ1) is 12.4. The first-order valence-electron chi connectivity index (χ1n) is 8.29. The number of hydrogen-bond donors (Lipinski definition) is 1. The van der Waals surface area contributed by atoms with E-state index in [4.69, 9.17) is 19.3 Å². The fourth-order valence-corrected chi connectivity index (χ4v) is 3.15. The third kappa shape index (κ3) is 4.25. The normalized spacial score (nSPS) is 13.6. The smallest absolute Gasteiger partial charge is 0.343 e. The minimum absolute atomic E-state index is 0.0305. The van der Waals surface area contributed by atoms with Crippen molar-refractivity contribution in [3.63, 3.8) is 0 Å². The van der Waals surface area contributed by atoms with Crippen LogP contribution in [0.4, 0.5) is 0 Å². The summed E-state index contributed by atoms with van der Waals surface area (Å²) >= 11 is 2.14. The van der Waals surface area contributed by atoms with Crippen LogP contribution in [0, 0.1) is 3.57 Å². The number of hydrogen-bond acceptors (Lipinski definition) is 6. The van der Waals surface area contributed by atoms with Crippen LogP contribution in [-0.4, -0.2) is 42.1 Å². The fourth-order valence-electron chi connectivity index (χ4n) is 2.67. The van der Waals surface area contributed by atoms with Crippen molar-refractivity contribution >= 4 is 39.5 Å². The molecule has 2 aromatic rings. The van der Waals surface area contributed by atoms with Gasteiger partial charge in [-0.15, -0.1) is 0 Å². The summed E-state index contributed by atoms with van der Waals surface area (Å²) in [5, 5.41) is 9.50. The number of nitrogens with zero attached hydrogens (tertiary/aromatic N) is 1. The van der Waals surface area contributed by atoms with Crippen molar-refractivity contribution in [1.29, 1.82) is 0 Å². The highest BCUT2D eigenvalue weighted by molar-refractivity contribution is 14.1. The van der Waals surface area contributed by atoms with Gasteiger partial charge in [-0.3, -0.25) is 9.36 Å². The van der Waals surface area contributed by atoms with Gasteiger partial charge in [0.2, 0.25) is 5.43 Å². The number of pyridine rings is 1. The molecule has 26 heavy (non-hydrogen) atoms. The van der Waals surface area contributed by atoms with Crippen LogP contribution < -0.4 is 5.43 Å². The van der Waals surface area contributed by atoms with Crippen LogP contribution in [0.25, 0.3) is 10.9 Å². The first kappa shape index (κ1) is 20.8. The van der Waals surface area contributed by atoms with E-state index in [1.54, 1.807) is 37.5 Å². The van der Waals surface area contributed by atoms with Crippen molar-refractivity contribution in [2.75, 3.05) is 26.4 Å². The molecule has 0 radical (unpaired) electrons. The Bertz CT molecular complexity index is 849.